The fourth-order valence-electron chi connectivity index (χ4n) is 2.58. The molecular weight excluding hydrogens is 248 g/mol. The zero-order chi connectivity index (χ0) is 14.8. The molecule has 0 heterocycles. The highest BCUT2D eigenvalue weighted by atomic mass is 16.6. The standard InChI is InChI=1S/C18H26O2/c1-5-17(2,3)16(19)20-18(4)12-10-14-8-6-7-9-15(14)11-13-18/h6-9H,5,10-13H2,1-4H3. The van der Waals surface area contributed by atoms with Crippen molar-refractivity contribution >= 4 is 5.97 Å². The van der Waals surface area contributed by atoms with Crippen LogP contribution in [0, 0.1) is 5.41 Å². The van der Waals surface area contributed by atoms with Crippen LogP contribution in [0.5, 0.6) is 0 Å². The van der Waals surface area contributed by atoms with E-state index in [1.165, 1.54) is 11.1 Å². The van der Waals surface area contributed by atoms with Crippen molar-refractivity contribution in [1.82, 2.24) is 0 Å². The second kappa shape index (κ2) is 5.59. The Balaban J connectivity index is 2.09. The lowest BCUT2D eigenvalue weighted by Gasteiger charge is -2.32. The fourth-order valence-corrected chi connectivity index (χ4v) is 2.58. The minimum absolute atomic E-state index is 0.0616. The Morgan fingerprint density at radius 2 is 1.70 bits per heavy atom. The molecular formula is C18H26O2. The first-order valence-corrected chi connectivity index (χ1v) is 7.66. The summed E-state index contributed by atoms with van der Waals surface area (Å²) in [6.45, 7) is 8.04. The van der Waals surface area contributed by atoms with Crippen LogP contribution in [0.2, 0.25) is 0 Å². The molecule has 1 aromatic carbocycles. The summed E-state index contributed by atoms with van der Waals surface area (Å²) in [4.78, 5) is 12.3. The molecule has 0 aliphatic heterocycles. The molecule has 20 heavy (non-hydrogen) atoms. The van der Waals surface area contributed by atoms with E-state index in [9.17, 15) is 4.79 Å². The van der Waals surface area contributed by atoms with Gasteiger partial charge in [-0.25, -0.2) is 0 Å². The van der Waals surface area contributed by atoms with Crippen LogP contribution in [0.15, 0.2) is 24.3 Å². The van der Waals surface area contributed by atoms with Gasteiger partial charge < -0.3 is 4.74 Å². The highest BCUT2D eigenvalue weighted by Gasteiger charge is 2.36. The van der Waals surface area contributed by atoms with Gasteiger partial charge in [0.05, 0.1) is 5.41 Å². The van der Waals surface area contributed by atoms with Crippen LogP contribution in [-0.4, -0.2) is 11.6 Å². The maximum atomic E-state index is 12.3. The third-order valence-electron chi connectivity index (χ3n) is 4.74. The number of carbonyl (C=O) groups is 1. The van der Waals surface area contributed by atoms with Crippen molar-refractivity contribution < 1.29 is 9.53 Å². The number of benzene rings is 1. The quantitative estimate of drug-likeness (QED) is 0.606. The largest absolute Gasteiger partial charge is 0.459 e. The van der Waals surface area contributed by atoms with Crippen molar-refractivity contribution in [3.05, 3.63) is 35.4 Å². The van der Waals surface area contributed by atoms with Gasteiger partial charge in [-0.1, -0.05) is 31.2 Å². The number of hydrogen-bond acceptors (Lipinski definition) is 2. The van der Waals surface area contributed by atoms with E-state index < -0.39 is 0 Å². The predicted molar refractivity (Wildman–Crippen MR) is 81.7 cm³/mol. The zero-order valence-corrected chi connectivity index (χ0v) is 13.2. The topological polar surface area (TPSA) is 26.3 Å². The average Bonchev–Trinajstić information content (AvgIpc) is 2.59. The van der Waals surface area contributed by atoms with Crippen LogP contribution < -0.4 is 0 Å². The summed E-state index contributed by atoms with van der Waals surface area (Å²) in [5.74, 6) is -0.0616. The minimum Gasteiger partial charge on any atom is -0.459 e. The molecule has 0 atom stereocenters. The maximum Gasteiger partial charge on any atom is 0.312 e. The Morgan fingerprint density at radius 3 is 2.15 bits per heavy atom. The Labute approximate surface area is 122 Å². The van der Waals surface area contributed by atoms with Crippen molar-refractivity contribution in [2.75, 3.05) is 0 Å². The van der Waals surface area contributed by atoms with E-state index >= 15 is 0 Å². The van der Waals surface area contributed by atoms with E-state index in [1.54, 1.807) is 0 Å². The molecule has 0 radical (unpaired) electrons. The number of aryl methyl sites for hydroxylation is 2. The van der Waals surface area contributed by atoms with Crippen LogP contribution in [-0.2, 0) is 22.4 Å². The van der Waals surface area contributed by atoms with Crippen LogP contribution in [0.4, 0.5) is 0 Å². The van der Waals surface area contributed by atoms with Gasteiger partial charge in [-0.15, -0.1) is 0 Å². The molecule has 2 rings (SSSR count). The summed E-state index contributed by atoms with van der Waals surface area (Å²) < 4.78 is 5.91. The molecule has 1 aliphatic carbocycles. The molecule has 0 spiro atoms. The van der Waals surface area contributed by atoms with Crippen LogP contribution >= 0.6 is 0 Å². The molecule has 0 saturated heterocycles. The highest BCUT2D eigenvalue weighted by molar-refractivity contribution is 5.76. The van der Waals surface area contributed by atoms with E-state index in [1.807, 2.05) is 20.8 Å². The van der Waals surface area contributed by atoms with Gasteiger partial charge in [-0.05, 0) is 64.0 Å². The number of rotatable bonds is 3. The Bertz CT molecular complexity index is 461. The monoisotopic (exact) mass is 274 g/mol. The van der Waals surface area contributed by atoms with E-state index in [0.29, 0.717) is 0 Å². The molecule has 0 saturated carbocycles. The summed E-state index contributed by atoms with van der Waals surface area (Å²) in [5, 5.41) is 0. The molecule has 0 N–H and O–H groups in total. The number of ether oxygens (including phenoxy) is 1. The van der Waals surface area contributed by atoms with E-state index in [0.717, 1.165) is 32.1 Å². The smallest absolute Gasteiger partial charge is 0.312 e. The van der Waals surface area contributed by atoms with Crippen molar-refractivity contribution in [1.29, 1.82) is 0 Å². The van der Waals surface area contributed by atoms with Gasteiger partial charge in [0.1, 0.15) is 5.60 Å². The third kappa shape index (κ3) is 3.23. The Morgan fingerprint density at radius 1 is 1.20 bits per heavy atom. The summed E-state index contributed by atoms with van der Waals surface area (Å²) in [6, 6.07) is 8.57. The summed E-state index contributed by atoms with van der Waals surface area (Å²) in [7, 11) is 0. The van der Waals surface area contributed by atoms with Gasteiger partial charge in [0.2, 0.25) is 0 Å². The zero-order valence-electron chi connectivity index (χ0n) is 13.2. The average molecular weight is 274 g/mol. The summed E-state index contributed by atoms with van der Waals surface area (Å²) >= 11 is 0. The highest BCUT2D eigenvalue weighted by Crippen LogP contribution is 2.33. The molecule has 1 aromatic rings. The van der Waals surface area contributed by atoms with Gasteiger partial charge in [0.25, 0.3) is 0 Å². The minimum atomic E-state index is -0.387. The molecule has 110 valence electrons. The van der Waals surface area contributed by atoms with E-state index in [2.05, 4.69) is 31.2 Å². The fraction of sp³-hybridized carbons (Fsp3) is 0.611. The molecule has 2 heteroatoms. The molecule has 0 fully saturated rings. The van der Waals surface area contributed by atoms with Gasteiger partial charge >= 0.3 is 5.97 Å². The van der Waals surface area contributed by atoms with Gasteiger partial charge in [0.15, 0.2) is 0 Å². The number of hydrogen-bond donors (Lipinski definition) is 0. The second-order valence-electron chi connectivity index (χ2n) is 6.85. The van der Waals surface area contributed by atoms with Crippen molar-refractivity contribution in [3.63, 3.8) is 0 Å². The van der Waals surface area contributed by atoms with Crippen LogP contribution in [0.25, 0.3) is 0 Å². The lowest BCUT2D eigenvalue weighted by molar-refractivity contribution is -0.170. The number of esters is 1. The number of fused-ring (bicyclic) bond motifs is 1. The maximum absolute atomic E-state index is 12.3. The van der Waals surface area contributed by atoms with Gasteiger partial charge in [0, 0.05) is 0 Å². The van der Waals surface area contributed by atoms with Crippen molar-refractivity contribution in [3.8, 4) is 0 Å². The normalized spacial score (nSPS) is 18.0. The number of carbonyl (C=O) groups excluding carboxylic acids is 1. The van der Waals surface area contributed by atoms with Crippen molar-refractivity contribution in [2.24, 2.45) is 5.41 Å². The lowest BCUT2D eigenvalue weighted by atomic mass is 9.89. The van der Waals surface area contributed by atoms with Crippen molar-refractivity contribution in [2.45, 2.75) is 65.4 Å². The molecule has 0 aromatic heterocycles. The van der Waals surface area contributed by atoms with Gasteiger partial charge in [-0.3, -0.25) is 4.79 Å². The SMILES string of the molecule is CCC(C)(C)C(=O)OC1(C)CCc2ccccc2CC1. The predicted octanol–water partition coefficient (Wildman–Crippen LogP) is 4.30. The lowest BCUT2D eigenvalue weighted by Crippen LogP contribution is -2.37. The van der Waals surface area contributed by atoms with E-state index in [-0.39, 0.29) is 17.0 Å². The van der Waals surface area contributed by atoms with Gasteiger partial charge in [-0.2, -0.15) is 0 Å². The third-order valence-corrected chi connectivity index (χ3v) is 4.74. The summed E-state index contributed by atoms with van der Waals surface area (Å²) in [5.41, 5.74) is 2.09. The Hall–Kier alpha value is -1.31. The second-order valence-corrected chi connectivity index (χ2v) is 6.85. The molecule has 0 amide bonds. The first-order valence-electron chi connectivity index (χ1n) is 7.66. The van der Waals surface area contributed by atoms with Crippen LogP contribution in [0.1, 0.15) is 58.1 Å². The Kier molecular flexibility index (Phi) is 4.22. The van der Waals surface area contributed by atoms with E-state index in [4.69, 9.17) is 4.74 Å². The summed E-state index contributed by atoms with van der Waals surface area (Å²) in [6.07, 6.45) is 4.62. The molecule has 1 aliphatic rings. The van der Waals surface area contributed by atoms with Crippen LogP contribution in [0.3, 0.4) is 0 Å². The first kappa shape index (κ1) is 15.1. The molecule has 0 unspecified atom stereocenters. The molecule has 2 nitrogen and oxygen atoms in total. The molecule has 0 bridgehead atoms. The first-order chi connectivity index (χ1) is 9.36.